The van der Waals surface area contributed by atoms with E-state index in [0.717, 1.165) is 5.69 Å². The van der Waals surface area contributed by atoms with E-state index in [-0.39, 0.29) is 37.3 Å². The summed E-state index contributed by atoms with van der Waals surface area (Å²) >= 11 is 11.6. The topological polar surface area (TPSA) is 204 Å². The van der Waals surface area contributed by atoms with Gasteiger partial charge < -0.3 is 69.5 Å². The van der Waals surface area contributed by atoms with Crippen LogP contribution in [0.25, 0.3) is 0 Å². The summed E-state index contributed by atoms with van der Waals surface area (Å²) in [5.74, 6) is -2.80. The minimum atomic E-state index is -1.89. The van der Waals surface area contributed by atoms with E-state index < -0.39 is 96.0 Å². The van der Waals surface area contributed by atoms with Gasteiger partial charge in [-0.3, -0.25) is 9.69 Å². The summed E-state index contributed by atoms with van der Waals surface area (Å²) in [7, 11) is 5.27. The molecule has 16 nitrogen and oxygen atoms in total. The number of esters is 1. The van der Waals surface area contributed by atoms with Crippen molar-refractivity contribution < 1.29 is 58.7 Å². The predicted octanol–water partition coefficient (Wildman–Crippen LogP) is 4.30. The molecule has 18 heteroatoms. The summed E-state index contributed by atoms with van der Waals surface area (Å²) in [5, 5.41) is 67.3. The number of rotatable bonds is 12. The maximum absolute atomic E-state index is 14.5. The third-order valence-corrected chi connectivity index (χ3v) is 14.5. The Kier molecular flexibility index (Phi) is 20.3. The first-order valence-corrected chi connectivity index (χ1v) is 24.1. The number of aliphatic hydroxyl groups is 5. The van der Waals surface area contributed by atoms with Crippen molar-refractivity contribution in [1.82, 2.24) is 15.1 Å². The lowest BCUT2D eigenvalue weighted by Crippen LogP contribution is -2.60. The molecule has 0 unspecified atom stereocenters. The summed E-state index contributed by atoms with van der Waals surface area (Å²) in [6.07, 6.45) is -8.21. The fourth-order valence-electron chi connectivity index (χ4n) is 10.1. The Balaban J connectivity index is 1.74. The van der Waals surface area contributed by atoms with Crippen molar-refractivity contribution in [2.75, 3.05) is 46.2 Å². The van der Waals surface area contributed by atoms with Crippen LogP contribution in [0.15, 0.2) is 24.3 Å². The van der Waals surface area contributed by atoms with Crippen LogP contribution in [0.4, 0.5) is 5.69 Å². The van der Waals surface area contributed by atoms with Crippen molar-refractivity contribution in [2.24, 2.45) is 17.8 Å². The van der Waals surface area contributed by atoms with Gasteiger partial charge >= 0.3 is 5.97 Å². The van der Waals surface area contributed by atoms with E-state index in [0.29, 0.717) is 42.6 Å². The second kappa shape index (κ2) is 23.7. The largest absolute Gasteiger partial charge is 0.459 e. The standard InChI is InChI=1S/C47H81ClN4O12S/c1-14-35-47(10,58)39(54)30(6)52(21-15-20-49-44(65)50-33-18-16-32(48)17-19-33)25-26(2)23-45(8,57)41(64-43-37(53)34(51(11)12)22-27(3)60-43)28(4)38(29(5)42(56)62-35)63-36-24-46(9,59-13)40(55)31(7)61-36/h16-19,26-31,34-41,43,53-55,57-58H,14-15,20-25H2,1-13H3,(H2,49,50,65)/t26-,27-,28+,29-,30-,31+,34+,35-,36+,37-,38+,39-,40+,41-,43+,45-,46-,47-/m1/s1. The lowest BCUT2D eigenvalue weighted by atomic mass is 9.77. The third kappa shape index (κ3) is 14.1. The molecule has 0 aliphatic carbocycles. The SMILES string of the molecule is CC[C@H]1OC(=O)[C@H](C)[C@@H](O[C@H]2C[C@@](C)(OC)[C@@H](O)[C@H](C)O2)[C@H](C)[C@@H](O[C@@H]2O[C@H](C)C[C@H](N(C)C)[C@H]2O)[C@](C)(O)C[C@@H](C)CN(CCCNC(=S)Nc2ccc(Cl)cc2)[C@H](C)[C@@H](O)[C@]1(C)O. The number of carbonyl (C=O) groups is 1. The lowest BCUT2D eigenvalue weighted by molar-refractivity contribution is -0.318. The van der Waals surface area contributed by atoms with Crippen molar-refractivity contribution in [3.8, 4) is 0 Å². The van der Waals surface area contributed by atoms with Gasteiger partial charge in [0.05, 0.1) is 41.5 Å². The van der Waals surface area contributed by atoms with E-state index in [1.54, 1.807) is 46.8 Å². The number of hydrogen-bond acceptors (Lipinski definition) is 15. The van der Waals surface area contributed by atoms with Gasteiger partial charge in [0.15, 0.2) is 17.7 Å². The van der Waals surface area contributed by atoms with Crippen LogP contribution in [0.2, 0.25) is 5.02 Å². The molecule has 0 amide bonds. The first-order chi connectivity index (χ1) is 30.3. The molecule has 0 saturated carbocycles. The monoisotopic (exact) mass is 961 g/mol. The van der Waals surface area contributed by atoms with E-state index >= 15 is 0 Å². The molecule has 374 valence electrons. The number of nitrogens with zero attached hydrogens (tertiary/aromatic N) is 2. The second-order valence-electron chi connectivity index (χ2n) is 20.0. The average molecular weight is 962 g/mol. The van der Waals surface area contributed by atoms with Gasteiger partial charge in [0, 0.05) is 61.9 Å². The highest BCUT2D eigenvalue weighted by atomic mass is 35.5. The number of ether oxygens (including phenoxy) is 6. The van der Waals surface area contributed by atoms with Crippen LogP contribution < -0.4 is 10.6 Å². The molecular weight excluding hydrogens is 880 g/mol. The van der Waals surface area contributed by atoms with Crippen LogP contribution >= 0.6 is 23.8 Å². The summed E-state index contributed by atoms with van der Waals surface area (Å²) < 4.78 is 38.1. The molecule has 3 fully saturated rings. The molecule has 3 saturated heterocycles. The number of thiocarbonyl (C=S) groups is 1. The Morgan fingerprint density at radius 3 is 2.23 bits per heavy atom. The van der Waals surface area contributed by atoms with Gasteiger partial charge in [0.2, 0.25) is 0 Å². The highest BCUT2D eigenvalue weighted by molar-refractivity contribution is 7.80. The zero-order chi connectivity index (χ0) is 48.8. The summed E-state index contributed by atoms with van der Waals surface area (Å²) in [5.41, 5.74) is -3.79. The summed E-state index contributed by atoms with van der Waals surface area (Å²) in [6, 6.07) is 6.25. The minimum Gasteiger partial charge on any atom is -0.459 e. The molecule has 3 aliphatic heterocycles. The van der Waals surface area contributed by atoms with Gasteiger partial charge in [-0.15, -0.1) is 0 Å². The van der Waals surface area contributed by atoms with E-state index in [1.807, 2.05) is 58.8 Å². The van der Waals surface area contributed by atoms with Crippen molar-refractivity contribution in [3.63, 3.8) is 0 Å². The number of aliphatic hydroxyl groups excluding tert-OH is 3. The van der Waals surface area contributed by atoms with Crippen molar-refractivity contribution >= 4 is 40.6 Å². The predicted molar refractivity (Wildman–Crippen MR) is 253 cm³/mol. The van der Waals surface area contributed by atoms with Crippen LogP contribution in [0.3, 0.4) is 0 Å². The van der Waals surface area contributed by atoms with E-state index in [2.05, 4.69) is 15.5 Å². The molecule has 0 radical (unpaired) electrons. The fourth-order valence-corrected chi connectivity index (χ4v) is 10.4. The van der Waals surface area contributed by atoms with Crippen LogP contribution in [0.5, 0.6) is 0 Å². The number of cyclic esters (lactones) is 1. The van der Waals surface area contributed by atoms with Crippen molar-refractivity contribution in [3.05, 3.63) is 29.3 Å². The quantitative estimate of drug-likeness (QED) is 0.0887. The van der Waals surface area contributed by atoms with Gasteiger partial charge in [0.1, 0.15) is 30.0 Å². The minimum absolute atomic E-state index is 0.109. The van der Waals surface area contributed by atoms with Gasteiger partial charge in [0.25, 0.3) is 0 Å². The smallest absolute Gasteiger partial charge is 0.311 e. The third-order valence-electron chi connectivity index (χ3n) is 14.0. The van der Waals surface area contributed by atoms with Crippen molar-refractivity contribution in [1.29, 1.82) is 0 Å². The van der Waals surface area contributed by atoms with Crippen molar-refractivity contribution in [2.45, 2.75) is 192 Å². The highest BCUT2D eigenvalue weighted by Crippen LogP contribution is 2.40. The normalized spacial score (nSPS) is 41.8. The zero-order valence-electron chi connectivity index (χ0n) is 40.9. The molecule has 18 atom stereocenters. The van der Waals surface area contributed by atoms with Gasteiger partial charge in [-0.1, -0.05) is 32.4 Å². The number of benzene rings is 1. The van der Waals surface area contributed by atoms with Gasteiger partial charge in [-0.25, -0.2) is 0 Å². The molecule has 0 bridgehead atoms. The summed E-state index contributed by atoms with van der Waals surface area (Å²) in [6.45, 7) is 19.0. The average Bonchev–Trinajstić information content (AvgIpc) is 3.23. The summed E-state index contributed by atoms with van der Waals surface area (Å²) in [4.78, 5) is 18.5. The number of halogens is 1. The molecular formula is C47H81ClN4O12S. The molecule has 65 heavy (non-hydrogen) atoms. The van der Waals surface area contributed by atoms with Crippen LogP contribution in [-0.4, -0.2) is 178 Å². The molecule has 3 aliphatic rings. The number of nitrogens with one attached hydrogen (secondary N) is 2. The second-order valence-corrected chi connectivity index (χ2v) is 20.8. The number of methoxy groups -OCH3 is 1. The van der Waals surface area contributed by atoms with E-state index in [9.17, 15) is 30.3 Å². The van der Waals surface area contributed by atoms with E-state index in [4.69, 9.17) is 52.2 Å². The first kappa shape index (κ1) is 55.8. The van der Waals surface area contributed by atoms with Crippen LogP contribution in [-0.2, 0) is 33.2 Å². The number of hydrogen-bond donors (Lipinski definition) is 7. The molecule has 1 aromatic carbocycles. The maximum Gasteiger partial charge on any atom is 0.311 e. The van der Waals surface area contributed by atoms with Gasteiger partial charge in [-0.05, 0) is 131 Å². The zero-order valence-corrected chi connectivity index (χ0v) is 42.5. The number of likely N-dealkylation sites (N-methyl/N-ethyl adjacent to an activating group) is 1. The first-order valence-electron chi connectivity index (χ1n) is 23.3. The van der Waals surface area contributed by atoms with Gasteiger partial charge in [-0.2, -0.15) is 0 Å². The lowest BCUT2D eigenvalue weighted by Gasteiger charge is -2.48. The molecule has 0 spiro atoms. The van der Waals surface area contributed by atoms with E-state index in [1.165, 1.54) is 14.0 Å². The fraction of sp³-hybridized carbons (Fsp3) is 0.830. The van der Waals surface area contributed by atoms with Crippen LogP contribution in [0.1, 0.15) is 101 Å². The van der Waals surface area contributed by atoms with Crippen LogP contribution in [0, 0.1) is 17.8 Å². The Morgan fingerprint density at radius 2 is 1.63 bits per heavy atom. The molecule has 7 N–H and O–H groups in total. The highest BCUT2D eigenvalue weighted by Gasteiger charge is 2.53. The Labute approximate surface area is 397 Å². The maximum atomic E-state index is 14.5. The molecule has 4 rings (SSSR count). The number of anilines is 1. The Hall–Kier alpha value is -1.81. The molecule has 0 aromatic heterocycles. The molecule has 1 aromatic rings. The Morgan fingerprint density at radius 1 is 0.985 bits per heavy atom. The molecule has 3 heterocycles. The number of carbonyl (C=O) groups excluding carboxylic acids is 1. The Bertz CT molecular complexity index is 1660.